The van der Waals surface area contributed by atoms with E-state index in [0.29, 0.717) is 17.3 Å². The van der Waals surface area contributed by atoms with Gasteiger partial charge in [-0.2, -0.15) is 9.89 Å². The Morgan fingerprint density at radius 1 is 1.19 bits per heavy atom. The van der Waals surface area contributed by atoms with Crippen molar-refractivity contribution in [2.75, 3.05) is 6.54 Å². The number of amides is 2. The van der Waals surface area contributed by atoms with Gasteiger partial charge in [-0.3, -0.25) is 4.90 Å². The first-order valence-electron chi connectivity index (χ1n) is 10.7. The Morgan fingerprint density at radius 3 is 2.62 bits per heavy atom. The zero-order chi connectivity index (χ0) is 22.8. The number of benzene rings is 2. The lowest BCUT2D eigenvalue weighted by molar-refractivity contribution is -0.544. The quantitative estimate of drug-likeness (QED) is 0.561. The number of fused-ring (bicyclic) bond motifs is 1. The lowest BCUT2D eigenvalue weighted by atomic mass is 10.2. The number of hydrogen-bond donors (Lipinski definition) is 2. The topological polar surface area (TPSA) is 72.9 Å². The minimum Gasteiger partial charge on any atom is -0.345 e. The summed E-state index contributed by atoms with van der Waals surface area (Å²) in [5, 5.41) is 15.4. The van der Waals surface area contributed by atoms with Crippen molar-refractivity contribution in [2.45, 2.75) is 40.1 Å². The first kappa shape index (κ1) is 22.0. The molecule has 4 rings (SSSR count). The van der Waals surface area contributed by atoms with E-state index in [9.17, 15) is 9.90 Å². The van der Waals surface area contributed by atoms with Gasteiger partial charge in [0.25, 0.3) is 6.35 Å². The van der Waals surface area contributed by atoms with E-state index in [2.05, 4.69) is 34.8 Å². The van der Waals surface area contributed by atoms with E-state index >= 15 is 0 Å². The van der Waals surface area contributed by atoms with Crippen LogP contribution in [0, 0.1) is 6.92 Å². The van der Waals surface area contributed by atoms with Gasteiger partial charge in [0.2, 0.25) is 0 Å². The van der Waals surface area contributed by atoms with Crippen molar-refractivity contribution in [3.05, 3.63) is 64.8 Å². The highest BCUT2D eigenvalue weighted by Crippen LogP contribution is 2.25. The second-order valence-corrected chi connectivity index (χ2v) is 8.20. The number of aliphatic hydroxyl groups is 1. The minimum absolute atomic E-state index is 0.256. The van der Waals surface area contributed by atoms with Crippen LogP contribution in [0.1, 0.15) is 31.5 Å². The van der Waals surface area contributed by atoms with Crippen LogP contribution in [0.15, 0.2) is 53.5 Å². The van der Waals surface area contributed by atoms with Crippen molar-refractivity contribution in [2.24, 2.45) is 4.99 Å². The highest BCUT2D eigenvalue weighted by Gasteiger charge is 2.38. The summed E-state index contributed by atoms with van der Waals surface area (Å²) in [6.07, 6.45) is 1.62. The molecule has 0 saturated carbocycles. The van der Waals surface area contributed by atoms with Crippen molar-refractivity contribution in [1.29, 1.82) is 0 Å². The van der Waals surface area contributed by atoms with Gasteiger partial charge in [0, 0.05) is 40.3 Å². The molecule has 2 heterocycles. The maximum Gasteiger partial charge on any atom is 0.404 e. The number of aliphatic hydroxyl groups excluding tert-OH is 1. The average Bonchev–Trinajstić information content (AvgIpc) is 3.07. The summed E-state index contributed by atoms with van der Waals surface area (Å²) < 4.78 is 3.84. The third-order valence-electron chi connectivity index (χ3n) is 5.52. The molecule has 166 valence electrons. The fourth-order valence-corrected chi connectivity index (χ4v) is 4.06. The summed E-state index contributed by atoms with van der Waals surface area (Å²) in [7, 11) is 0. The van der Waals surface area contributed by atoms with Crippen molar-refractivity contribution in [1.82, 2.24) is 14.8 Å². The molecule has 0 aliphatic carbocycles. The second kappa shape index (κ2) is 9.14. The van der Waals surface area contributed by atoms with Gasteiger partial charge in [-0.05, 0) is 56.7 Å². The predicted molar refractivity (Wildman–Crippen MR) is 128 cm³/mol. The summed E-state index contributed by atoms with van der Waals surface area (Å²) in [6, 6.07) is 14.9. The largest absolute Gasteiger partial charge is 0.404 e. The Kier molecular flexibility index (Phi) is 6.30. The molecule has 2 amide bonds. The highest BCUT2D eigenvalue weighted by molar-refractivity contribution is 6.30. The Hall–Kier alpha value is -3.16. The van der Waals surface area contributed by atoms with Gasteiger partial charge in [-0.15, -0.1) is 0 Å². The van der Waals surface area contributed by atoms with E-state index in [-0.39, 0.29) is 5.96 Å². The maximum absolute atomic E-state index is 12.5. The van der Waals surface area contributed by atoms with Crippen molar-refractivity contribution in [3.63, 3.8) is 0 Å². The summed E-state index contributed by atoms with van der Waals surface area (Å²) >= 11 is 6.00. The SMILES string of the molecule is CCCn1c(C)cc2cc(N=C3NC(=O)N(CC)C(O)/[N+]3=C\c3ccc(Cl)cc3)ccc21. The van der Waals surface area contributed by atoms with Crippen LogP contribution in [0.2, 0.25) is 5.02 Å². The van der Waals surface area contributed by atoms with E-state index < -0.39 is 12.4 Å². The molecule has 3 aromatic rings. The molecule has 32 heavy (non-hydrogen) atoms. The molecular weight excluding hydrogens is 426 g/mol. The number of urea groups is 1. The number of carbonyl (C=O) groups is 1. The Morgan fingerprint density at radius 2 is 1.94 bits per heavy atom. The molecule has 0 radical (unpaired) electrons. The smallest absolute Gasteiger partial charge is 0.345 e. The Bertz CT molecular complexity index is 1210. The number of halogens is 1. The van der Waals surface area contributed by atoms with Crippen molar-refractivity contribution < 1.29 is 14.5 Å². The van der Waals surface area contributed by atoms with Crippen LogP contribution in [0.4, 0.5) is 10.5 Å². The van der Waals surface area contributed by atoms with Gasteiger partial charge in [-0.1, -0.05) is 35.6 Å². The molecule has 1 atom stereocenters. The molecule has 7 nitrogen and oxygen atoms in total. The summed E-state index contributed by atoms with van der Waals surface area (Å²) in [5.74, 6) is 0.256. The van der Waals surface area contributed by atoms with Crippen LogP contribution in [-0.2, 0) is 6.54 Å². The second-order valence-electron chi connectivity index (χ2n) is 7.77. The third-order valence-corrected chi connectivity index (χ3v) is 5.78. The molecule has 1 aliphatic heterocycles. The van der Waals surface area contributed by atoms with Crippen LogP contribution in [0.25, 0.3) is 10.9 Å². The standard InChI is InChI=1S/C24H26ClN5O2/c1-4-12-29-16(3)13-18-14-20(10-11-21(18)29)26-22-27-23(31)28(5-2)24(32)30(22)15-17-6-8-19(25)9-7-17/h6-11,13-15,24,32H,4-5,12H2,1-3H3/p+1/b30-15-. The van der Waals surface area contributed by atoms with Gasteiger partial charge in [0.1, 0.15) is 5.69 Å². The molecule has 2 aromatic carbocycles. The molecule has 1 fully saturated rings. The van der Waals surface area contributed by atoms with Gasteiger partial charge in [0.05, 0.1) is 6.21 Å². The molecular formula is C24H27ClN5O2+. The van der Waals surface area contributed by atoms with E-state index in [1.165, 1.54) is 10.6 Å². The Balaban J connectivity index is 1.77. The van der Waals surface area contributed by atoms with E-state index in [0.717, 1.165) is 29.4 Å². The van der Waals surface area contributed by atoms with E-state index in [1.807, 2.05) is 37.3 Å². The molecule has 0 bridgehead atoms. The molecule has 1 aliphatic rings. The van der Waals surface area contributed by atoms with Crippen molar-refractivity contribution >= 4 is 46.4 Å². The minimum atomic E-state index is -1.18. The zero-order valence-electron chi connectivity index (χ0n) is 18.4. The zero-order valence-corrected chi connectivity index (χ0v) is 19.2. The highest BCUT2D eigenvalue weighted by atomic mass is 35.5. The number of aryl methyl sites for hydroxylation is 2. The third kappa shape index (κ3) is 4.26. The van der Waals surface area contributed by atoms with Crippen LogP contribution < -0.4 is 5.32 Å². The number of hydrogen-bond acceptors (Lipinski definition) is 3. The molecule has 0 spiro atoms. The number of nitrogens with one attached hydrogen (secondary N) is 1. The summed E-state index contributed by atoms with van der Waals surface area (Å²) in [4.78, 5) is 18.5. The molecule has 1 aromatic heterocycles. The van der Waals surface area contributed by atoms with Crippen molar-refractivity contribution in [3.8, 4) is 0 Å². The monoisotopic (exact) mass is 452 g/mol. The fraction of sp³-hybridized carbons (Fsp3) is 0.292. The number of aromatic nitrogens is 1. The fourth-order valence-electron chi connectivity index (χ4n) is 3.93. The molecule has 8 heteroatoms. The van der Waals surface area contributed by atoms with Gasteiger partial charge in [-0.25, -0.2) is 4.79 Å². The maximum atomic E-state index is 12.5. The number of carbonyl (C=O) groups excluding carboxylic acids is 1. The molecule has 2 N–H and O–H groups in total. The number of guanidine groups is 1. The number of rotatable bonds is 5. The van der Waals surface area contributed by atoms with Gasteiger partial charge >= 0.3 is 12.0 Å². The average molecular weight is 453 g/mol. The lowest BCUT2D eigenvalue weighted by Crippen LogP contribution is -2.62. The van der Waals surface area contributed by atoms with Crippen LogP contribution in [0.3, 0.4) is 0 Å². The first-order valence-corrected chi connectivity index (χ1v) is 11.1. The lowest BCUT2D eigenvalue weighted by Gasteiger charge is -2.30. The number of aliphatic imine (C=N–C) groups is 1. The van der Waals surface area contributed by atoms with Crippen LogP contribution in [0.5, 0.6) is 0 Å². The molecule has 1 saturated heterocycles. The van der Waals surface area contributed by atoms with Gasteiger partial charge in [0.15, 0.2) is 0 Å². The van der Waals surface area contributed by atoms with Gasteiger partial charge < -0.3 is 9.67 Å². The van der Waals surface area contributed by atoms with E-state index in [1.54, 1.807) is 22.9 Å². The Labute approximate surface area is 192 Å². The van der Waals surface area contributed by atoms with E-state index in [4.69, 9.17) is 11.6 Å². The summed E-state index contributed by atoms with van der Waals surface area (Å²) in [6.45, 7) is 7.38. The first-order chi connectivity index (χ1) is 15.4. The normalized spacial score (nSPS) is 19.2. The van der Waals surface area contributed by atoms with Crippen LogP contribution >= 0.6 is 11.6 Å². The molecule has 1 unspecified atom stereocenters. The number of nitrogens with zero attached hydrogens (tertiary/aromatic N) is 4. The summed E-state index contributed by atoms with van der Waals surface area (Å²) in [5.41, 5.74) is 3.86. The van der Waals surface area contributed by atoms with Crippen LogP contribution in [-0.4, -0.2) is 50.3 Å². The predicted octanol–water partition coefficient (Wildman–Crippen LogP) is 4.45.